The number of thiophene rings is 1. The first-order valence-corrected chi connectivity index (χ1v) is 7.41. The van der Waals surface area contributed by atoms with Gasteiger partial charge in [-0.3, -0.25) is 4.79 Å². The van der Waals surface area contributed by atoms with E-state index in [1.807, 2.05) is 0 Å². The topological polar surface area (TPSA) is 17.1 Å². The summed E-state index contributed by atoms with van der Waals surface area (Å²) in [4.78, 5) is 12.6. The Morgan fingerprint density at radius 3 is 2.32 bits per heavy atom. The molecule has 1 nitrogen and oxygen atoms in total. The monoisotopic (exact) mass is 412 g/mol. The molecule has 1 heterocycles. The number of benzene rings is 1. The van der Waals surface area contributed by atoms with E-state index in [2.05, 4.69) is 31.9 Å². The van der Waals surface area contributed by atoms with Crippen molar-refractivity contribution in [2.45, 2.75) is 6.18 Å². The summed E-state index contributed by atoms with van der Waals surface area (Å²) in [5, 5.41) is 1.69. The normalized spacial score (nSPS) is 11.6. The van der Waals surface area contributed by atoms with Crippen LogP contribution in [-0.2, 0) is 6.18 Å². The Labute approximate surface area is 127 Å². The van der Waals surface area contributed by atoms with Crippen molar-refractivity contribution in [2.24, 2.45) is 0 Å². The Morgan fingerprint density at radius 2 is 1.79 bits per heavy atom. The summed E-state index contributed by atoms with van der Waals surface area (Å²) < 4.78 is 38.9. The molecule has 2 aromatic rings. The van der Waals surface area contributed by atoms with Gasteiger partial charge >= 0.3 is 6.18 Å². The van der Waals surface area contributed by atoms with Crippen LogP contribution in [0.2, 0.25) is 0 Å². The Morgan fingerprint density at radius 1 is 1.11 bits per heavy atom. The van der Waals surface area contributed by atoms with E-state index in [-0.39, 0.29) is 5.56 Å². The van der Waals surface area contributed by atoms with Crippen molar-refractivity contribution in [1.82, 2.24) is 0 Å². The van der Waals surface area contributed by atoms with E-state index >= 15 is 0 Å². The fourth-order valence-corrected chi connectivity index (χ4v) is 3.39. The molecule has 0 saturated heterocycles. The smallest absolute Gasteiger partial charge is 0.288 e. The van der Waals surface area contributed by atoms with E-state index in [4.69, 9.17) is 0 Å². The zero-order chi connectivity index (χ0) is 14.2. The standard InChI is InChI=1S/C12H5Br2F3OS/c13-8-2-1-6(12(15,16)17)5-7(8)10(18)11-9(14)3-4-19-11/h1-5H. The SMILES string of the molecule is O=C(c1cc(C(F)(F)F)ccc1Br)c1sccc1Br. The van der Waals surface area contributed by atoms with Crippen molar-refractivity contribution in [3.63, 3.8) is 0 Å². The Hall–Kier alpha value is -0.660. The molecular weight excluding hydrogens is 409 g/mol. The quantitative estimate of drug-likeness (QED) is 0.592. The second kappa shape index (κ2) is 5.38. The number of carbonyl (C=O) groups is 1. The molecule has 7 heteroatoms. The van der Waals surface area contributed by atoms with Gasteiger partial charge in [0.05, 0.1) is 10.4 Å². The molecular formula is C12H5Br2F3OS. The van der Waals surface area contributed by atoms with Crippen LogP contribution in [0.25, 0.3) is 0 Å². The summed E-state index contributed by atoms with van der Waals surface area (Å²) in [5.41, 5.74) is -0.843. The number of hydrogen-bond acceptors (Lipinski definition) is 2. The summed E-state index contributed by atoms with van der Waals surface area (Å²) in [6.07, 6.45) is -4.47. The minimum Gasteiger partial charge on any atom is -0.288 e. The van der Waals surface area contributed by atoms with Crippen LogP contribution in [0, 0.1) is 0 Å². The lowest BCUT2D eigenvalue weighted by atomic mass is 10.1. The van der Waals surface area contributed by atoms with Crippen LogP contribution in [0.3, 0.4) is 0 Å². The van der Waals surface area contributed by atoms with Crippen molar-refractivity contribution in [2.75, 3.05) is 0 Å². The van der Waals surface area contributed by atoms with Gasteiger partial charge in [-0.25, -0.2) is 0 Å². The molecule has 0 fully saturated rings. The molecule has 19 heavy (non-hydrogen) atoms. The molecule has 0 amide bonds. The molecule has 100 valence electrons. The third-order valence-electron chi connectivity index (χ3n) is 2.36. The van der Waals surface area contributed by atoms with E-state index in [0.29, 0.717) is 13.8 Å². The van der Waals surface area contributed by atoms with Crippen LogP contribution in [-0.4, -0.2) is 5.78 Å². The molecule has 0 aliphatic carbocycles. The van der Waals surface area contributed by atoms with E-state index in [1.165, 1.54) is 17.4 Å². The van der Waals surface area contributed by atoms with Gasteiger partial charge in [0.15, 0.2) is 0 Å². The number of halogens is 5. The lowest BCUT2D eigenvalue weighted by Gasteiger charge is -2.09. The molecule has 0 radical (unpaired) electrons. The molecule has 0 saturated carbocycles. The van der Waals surface area contributed by atoms with Crippen LogP contribution in [0.1, 0.15) is 20.8 Å². The zero-order valence-corrected chi connectivity index (χ0v) is 13.1. The van der Waals surface area contributed by atoms with Crippen molar-refractivity contribution in [3.05, 3.63) is 54.6 Å². The number of hydrogen-bond donors (Lipinski definition) is 0. The van der Waals surface area contributed by atoms with Gasteiger partial charge in [-0.2, -0.15) is 13.2 Å². The summed E-state index contributed by atoms with van der Waals surface area (Å²) in [6.45, 7) is 0. The first-order valence-electron chi connectivity index (χ1n) is 4.95. The third-order valence-corrected chi connectivity index (χ3v) is 4.89. The fraction of sp³-hybridized carbons (Fsp3) is 0.0833. The Kier molecular flexibility index (Phi) is 4.17. The second-order valence-corrected chi connectivity index (χ2v) is 6.24. The van der Waals surface area contributed by atoms with Crippen molar-refractivity contribution in [3.8, 4) is 0 Å². The van der Waals surface area contributed by atoms with Gasteiger partial charge in [-0.05, 0) is 45.6 Å². The minimum absolute atomic E-state index is 0.00188. The molecule has 0 atom stereocenters. The van der Waals surface area contributed by atoms with E-state index in [9.17, 15) is 18.0 Å². The maximum atomic E-state index is 12.7. The maximum absolute atomic E-state index is 12.7. The predicted octanol–water partition coefficient (Wildman–Crippen LogP) is 5.52. The highest BCUT2D eigenvalue weighted by Crippen LogP contribution is 2.34. The highest BCUT2D eigenvalue weighted by molar-refractivity contribution is 9.11. The number of carbonyl (C=O) groups excluding carboxylic acids is 1. The number of alkyl halides is 3. The van der Waals surface area contributed by atoms with E-state index < -0.39 is 17.5 Å². The zero-order valence-electron chi connectivity index (χ0n) is 9.09. The predicted molar refractivity (Wildman–Crippen MR) is 74.6 cm³/mol. The lowest BCUT2D eigenvalue weighted by molar-refractivity contribution is -0.137. The van der Waals surface area contributed by atoms with E-state index in [1.54, 1.807) is 11.4 Å². The first-order chi connectivity index (χ1) is 8.80. The van der Waals surface area contributed by atoms with Crippen molar-refractivity contribution >= 4 is 49.0 Å². The lowest BCUT2D eigenvalue weighted by Crippen LogP contribution is -2.08. The average Bonchev–Trinajstić information content (AvgIpc) is 2.73. The minimum atomic E-state index is -4.47. The van der Waals surface area contributed by atoms with Gasteiger partial charge in [-0.1, -0.05) is 15.9 Å². The van der Waals surface area contributed by atoms with Gasteiger partial charge < -0.3 is 0 Å². The highest BCUT2D eigenvalue weighted by atomic mass is 79.9. The molecule has 2 rings (SSSR count). The average molecular weight is 414 g/mol. The molecule has 1 aromatic heterocycles. The van der Waals surface area contributed by atoms with Crippen LogP contribution in [0.5, 0.6) is 0 Å². The molecule has 0 bridgehead atoms. The van der Waals surface area contributed by atoms with Gasteiger partial charge in [0.1, 0.15) is 0 Å². The molecule has 0 N–H and O–H groups in total. The molecule has 0 spiro atoms. The summed E-state index contributed by atoms with van der Waals surface area (Å²) in [7, 11) is 0. The molecule has 0 aliphatic rings. The van der Waals surface area contributed by atoms with Crippen molar-refractivity contribution < 1.29 is 18.0 Å². The van der Waals surface area contributed by atoms with Crippen molar-refractivity contribution in [1.29, 1.82) is 0 Å². The molecule has 1 aromatic carbocycles. The third kappa shape index (κ3) is 3.09. The summed E-state index contributed by atoms with van der Waals surface area (Å²) in [6, 6.07) is 4.71. The van der Waals surface area contributed by atoms with E-state index in [0.717, 1.165) is 12.1 Å². The van der Waals surface area contributed by atoms with Gasteiger partial charge in [0, 0.05) is 14.5 Å². The van der Waals surface area contributed by atoms with Gasteiger partial charge in [0.25, 0.3) is 0 Å². The second-order valence-electron chi connectivity index (χ2n) is 3.62. The Balaban J connectivity index is 2.51. The van der Waals surface area contributed by atoms with Crippen LogP contribution in [0.4, 0.5) is 13.2 Å². The Bertz CT molecular complexity index is 634. The van der Waals surface area contributed by atoms with Gasteiger partial charge in [0.2, 0.25) is 5.78 Å². The first kappa shape index (κ1) is 14.7. The van der Waals surface area contributed by atoms with Crippen LogP contribution in [0.15, 0.2) is 38.6 Å². The summed E-state index contributed by atoms with van der Waals surface area (Å²) in [5.74, 6) is -0.445. The molecule has 0 aliphatic heterocycles. The number of rotatable bonds is 2. The van der Waals surface area contributed by atoms with Crippen LogP contribution < -0.4 is 0 Å². The number of ketones is 1. The molecule has 0 unspecified atom stereocenters. The van der Waals surface area contributed by atoms with Gasteiger partial charge in [-0.15, -0.1) is 11.3 Å². The summed E-state index contributed by atoms with van der Waals surface area (Å²) >= 11 is 7.48. The maximum Gasteiger partial charge on any atom is 0.416 e. The highest BCUT2D eigenvalue weighted by Gasteiger charge is 2.32. The largest absolute Gasteiger partial charge is 0.416 e. The van der Waals surface area contributed by atoms with Crippen LogP contribution >= 0.6 is 43.2 Å². The fourth-order valence-electron chi connectivity index (χ4n) is 1.45.